The van der Waals surface area contributed by atoms with Crippen molar-refractivity contribution >= 4 is 12.4 Å². The number of hydrogen-bond acceptors (Lipinski definition) is 3. The van der Waals surface area contributed by atoms with Crippen molar-refractivity contribution in [3.8, 4) is 0 Å². The first-order valence-corrected chi connectivity index (χ1v) is 6.32. The van der Waals surface area contributed by atoms with Crippen molar-refractivity contribution in [2.24, 2.45) is 17.3 Å². The van der Waals surface area contributed by atoms with E-state index in [4.69, 9.17) is 4.74 Å². The summed E-state index contributed by atoms with van der Waals surface area (Å²) in [5, 5.41) is 2.63. The van der Waals surface area contributed by atoms with Crippen molar-refractivity contribution in [1.82, 2.24) is 5.32 Å². The number of amides is 1. The lowest BCUT2D eigenvalue weighted by atomic mass is 9.88. The fourth-order valence-corrected chi connectivity index (χ4v) is 2.52. The smallest absolute Gasteiger partial charge is 0.407 e. The molecule has 4 nitrogen and oxygen atoms in total. The van der Waals surface area contributed by atoms with E-state index >= 15 is 0 Å². The van der Waals surface area contributed by atoms with Gasteiger partial charge in [0.05, 0.1) is 6.04 Å². The zero-order valence-corrected chi connectivity index (χ0v) is 10.7. The zero-order chi connectivity index (χ0) is 12.6. The number of hydrogen-bond donors (Lipinski definition) is 1. The van der Waals surface area contributed by atoms with Crippen LogP contribution < -0.4 is 5.32 Å². The van der Waals surface area contributed by atoms with Crippen LogP contribution >= 0.6 is 0 Å². The number of aldehydes is 1. The van der Waals surface area contributed by atoms with Crippen molar-refractivity contribution in [2.45, 2.75) is 52.2 Å². The fourth-order valence-electron chi connectivity index (χ4n) is 2.52. The lowest BCUT2D eigenvalue weighted by Crippen LogP contribution is -2.45. The number of carbonyl (C=O) groups is 2. The second-order valence-electron chi connectivity index (χ2n) is 6.38. The molecule has 0 aromatic heterocycles. The van der Waals surface area contributed by atoms with Gasteiger partial charge < -0.3 is 14.8 Å². The highest BCUT2D eigenvalue weighted by atomic mass is 16.6. The van der Waals surface area contributed by atoms with Crippen LogP contribution in [0, 0.1) is 17.3 Å². The molecular formula is C13H21NO3. The molecule has 0 radical (unpaired) electrons. The highest BCUT2D eigenvalue weighted by Crippen LogP contribution is 2.52. The van der Waals surface area contributed by atoms with Gasteiger partial charge in [-0.1, -0.05) is 20.8 Å². The SMILES string of the molecule is CC(C)(C)[C@@H](C=O)NC(=O)OC1C[C@@H]2C[C@@H]2C1. The van der Waals surface area contributed by atoms with E-state index in [1.807, 2.05) is 20.8 Å². The largest absolute Gasteiger partial charge is 0.446 e. The van der Waals surface area contributed by atoms with E-state index in [2.05, 4.69) is 5.32 Å². The Kier molecular flexibility index (Phi) is 3.15. The molecule has 2 rings (SSSR count). The second-order valence-corrected chi connectivity index (χ2v) is 6.38. The van der Waals surface area contributed by atoms with Crippen LogP contribution in [0.1, 0.15) is 40.0 Å². The molecular weight excluding hydrogens is 218 g/mol. The molecule has 0 aromatic rings. The Hall–Kier alpha value is -1.06. The summed E-state index contributed by atoms with van der Waals surface area (Å²) in [7, 11) is 0. The number of alkyl carbamates (subject to hydrolysis) is 1. The van der Waals surface area contributed by atoms with Crippen LogP contribution in [0.25, 0.3) is 0 Å². The van der Waals surface area contributed by atoms with Crippen LogP contribution in [0.3, 0.4) is 0 Å². The first-order valence-electron chi connectivity index (χ1n) is 6.32. The van der Waals surface area contributed by atoms with Gasteiger partial charge in [0, 0.05) is 0 Å². The molecule has 0 aliphatic heterocycles. The third kappa shape index (κ3) is 2.99. The van der Waals surface area contributed by atoms with E-state index in [1.165, 1.54) is 6.42 Å². The minimum atomic E-state index is -0.495. The summed E-state index contributed by atoms with van der Waals surface area (Å²) in [6.45, 7) is 5.74. The third-order valence-corrected chi connectivity index (χ3v) is 3.82. The van der Waals surface area contributed by atoms with Crippen molar-refractivity contribution < 1.29 is 14.3 Å². The summed E-state index contributed by atoms with van der Waals surface area (Å²) in [5.74, 6) is 1.58. The fraction of sp³-hybridized carbons (Fsp3) is 0.846. The second kappa shape index (κ2) is 4.31. The predicted octanol–water partition coefficient (Wildman–Crippen LogP) is 2.12. The molecule has 4 atom stereocenters. The van der Waals surface area contributed by atoms with E-state index in [0.717, 1.165) is 31.0 Å². The maximum atomic E-state index is 11.6. The molecule has 2 aliphatic rings. The molecule has 0 aromatic carbocycles. The maximum absolute atomic E-state index is 11.6. The van der Waals surface area contributed by atoms with Gasteiger partial charge in [0.1, 0.15) is 12.4 Å². The number of carbonyl (C=O) groups excluding carboxylic acids is 2. The molecule has 2 fully saturated rings. The van der Waals surface area contributed by atoms with Gasteiger partial charge >= 0.3 is 6.09 Å². The Morgan fingerprint density at radius 2 is 1.88 bits per heavy atom. The summed E-state index contributed by atoms with van der Waals surface area (Å²) >= 11 is 0. The van der Waals surface area contributed by atoms with Gasteiger partial charge in [0.25, 0.3) is 0 Å². The van der Waals surface area contributed by atoms with Gasteiger partial charge in [0.2, 0.25) is 0 Å². The van der Waals surface area contributed by atoms with E-state index in [-0.39, 0.29) is 11.5 Å². The monoisotopic (exact) mass is 239 g/mol. The Balaban J connectivity index is 1.78. The highest BCUT2D eigenvalue weighted by molar-refractivity contribution is 5.73. The van der Waals surface area contributed by atoms with E-state index in [0.29, 0.717) is 0 Å². The summed E-state index contributed by atoms with van der Waals surface area (Å²) in [6.07, 6.45) is 3.68. The number of rotatable bonds is 3. The molecule has 96 valence electrons. The topological polar surface area (TPSA) is 55.4 Å². The molecule has 0 saturated heterocycles. The van der Waals surface area contributed by atoms with Crippen molar-refractivity contribution in [3.63, 3.8) is 0 Å². The molecule has 1 amide bonds. The molecule has 1 N–H and O–H groups in total. The third-order valence-electron chi connectivity index (χ3n) is 3.82. The minimum absolute atomic E-state index is 0.0611. The summed E-state index contributed by atoms with van der Waals surface area (Å²) in [4.78, 5) is 22.6. The van der Waals surface area contributed by atoms with E-state index in [9.17, 15) is 9.59 Å². The average Bonchev–Trinajstić information content (AvgIpc) is 2.81. The average molecular weight is 239 g/mol. The van der Waals surface area contributed by atoms with Crippen LogP contribution in [0.2, 0.25) is 0 Å². The predicted molar refractivity (Wildman–Crippen MR) is 63.5 cm³/mol. The minimum Gasteiger partial charge on any atom is -0.446 e. The summed E-state index contributed by atoms with van der Waals surface area (Å²) in [5.41, 5.74) is -0.279. The van der Waals surface area contributed by atoms with Gasteiger partial charge in [-0.3, -0.25) is 0 Å². The van der Waals surface area contributed by atoms with Crippen molar-refractivity contribution in [1.29, 1.82) is 0 Å². The Morgan fingerprint density at radius 1 is 1.29 bits per heavy atom. The number of fused-ring (bicyclic) bond motifs is 1. The molecule has 0 spiro atoms. The maximum Gasteiger partial charge on any atom is 0.407 e. The lowest BCUT2D eigenvalue weighted by molar-refractivity contribution is -0.111. The quantitative estimate of drug-likeness (QED) is 0.767. The van der Waals surface area contributed by atoms with Crippen molar-refractivity contribution in [3.05, 3.63) is 0 Å². The number of ether oxygens (including phenoxy) is 1. The first-order chi connectivity index (χ1) is 7.90. The van der Waals surface area contributed by atoms with Crippen LogP contribution in [0.4, 0.5) is 4.79 Å². The Labute approximate surface area is 102 Å². The van der Waals surface area contributed by atoms with E-state index in [1.54, 1.807) is 0 Å². The number of nitrogens with one attached hydrogen (secondary N) is 1. The summed E-state index contributed by atoms with van der Waals surface area (Å²) < 4.78 is 5.33. The molecule has 17 heavy (non-hydrogen) atoms. The normalized spacial score (nSPS) is 32.5. The van der Waals surface area contributed by atoms with Gasteiger partial charge in [-0.15, -0.1) is 0 Å². The lowest BCUT2D eigenvalue weighted by Gasteiger charge is -2.27. The van der Waals surface area contributed by atoms with Crippen LogP contribution in [0.5, 0.6) is 0 Å². The molecule has 0 heterocycles. The van der Waals surface area contributed by atoms with Crippen LogP contribution in [-0.4, -0.2) is 24.5 Å². The molecule has 0 bridgehead atoms. The molecule has 4 heteroatoms. The van der Waals surface area contributed by atoms with Crippen LogP contribution in [-0.2, 0) is 9.53 Å². The molecule has 2 saturated carbocycles. The van der Waals surface area contributed by atoms with Gasteiger partial charge in [0.15, 0.2) is 0 Å². The van der Waals surface area contributed by atoms with Crippen molar-refractivity contribution in [2.75, 3.05) is 0 Å². The first kappa shape index (κ1) is 12.4. The van der Waals surface area contributed by atoms with Crippen LogP contribution in [0.15, 0.2) is 0 Å². The van der Waals surface area contributed by atoms with E-state index < -0.39 is 12.1 Å². The molecule has 2 aliphatic carbocycles. The zero-order valence-electron chi connectivity index (χ0n) is 10.7. The van der Waals surface area contributed by atoms with Gasteiger partial charge in [-0.25, -0.2) is 4.79 Å². The Morgan fingerprint density at radius 3 is 2.35 bits per heavy atom. The Bertz CT molecular complexity index is 311. The van der Waals surface area contributed by atoms with Gasteiger partial charge in [-0.05, 0) is 36.5 Å². The molecule has 1 unspecified atom stereocenters. The standard InChI is InChI=1S/C13H21NO3/c1-13(2,3)11(7-15)14-12(16)17-10-5-8-4-9(8)6-10/h7-11H,4-6H2,1-3H3,(H,14,16)/t8-,9+,10?,11-/m1/s1. The van der Waals surface area contributed by atoms with Gasteiger partial charge in [-0.2, -0.15) is 0 Å². The highest BCUT2D eigenvalue weighted by Gasteiger charge is 2.47. The summed E-state index contributed by atoms with van der Waals surface area (Å²) in [6, 6.07) is -0.495.